The minimum atomic E-state index is -4.83. The molecule has 0 fully saturated rings. The Kier molecular flexibility index (Phi) is 4.27. The van der Waals surface area contributed by atoms with Crippen LogP contribution < -0.4 is 0 Å². The van der Waals surface area contributed by atoms with E-state index in [1.165, 1.54) is 24.3 Å². The summed E-state index contributed by atoms with van der Waals surface area (Å²) in [4.78, 5) is 36.3. The van der Waals surface area contributed by atoms with Gasteiger partial charge in [-0.3, -0.25) is 9.13 Å². The Hall–Kier alpha value is -0.130. The summed E-state index contributed by atoms with van der Waals surface area (Å²) < 4.78 is 20.2. The van der Waals surface area contributed by atoms with E-state index in [0.29, 0.717) is 0 Å². The number of rotatable bonds is 4. The van der Waals surface area contributed by atoms with Gasteiger partial charge < -0.3 is 19.6 Å². The van der Waals surface area contributed by atoms with Gasteiger partial charge >= 0.3 is 15.2 Å². The van der Waals surface area contributed by atoms with E-state index in [1.807, 2.05) is 0 Å². The summed E-state index contributed by atoms with van der Waals surface area (Å²) in [7, 11) is -9.45. The van der Waals surface area contributed by atoms with Gasteiger partial charge in [0.15, 0.2) is 4.49 Å². The lowest BCUT2D eigenvalue weighted by molar-refractivity contribution is 0.341. The zero-order chi connectivity index (χ0) is 13.3. The lowest BCUT2D eigenvalue weighted by Crippen LogP contribution is -2.24. The van der Waals surface area contributed by atoms with E-state index in [9.17, 15) is 18.9 Å². The van der Waals surface area contributed by atoms with Crippen LogP contribution in [0.3, 0.4) is 0 Å². The molecule has 0 aliphatic heterocycles. The fourth-order valence-corrected chi connectivity index (χ4v) is 4.58. The topological polar surface area (TPSA) is 115 Å². The summed E-state index contributed by atoms with van der Waals surface area (Å²) >= 11 is 3.83. The van der Waals surface area contributed by atoms with Gasteiger partial charge in [-0.15, -0.1) is 0 Å². The fraction of sp³-hybridized carbons (Fsp3) is 0.250. The summed E-state index contributed by atoms with van der Waals surface area (Å²) in [6, 6.07) is 7.36. The molecular formula is C8H12O6P2S. The smallest absolute Gasteiger partial charge is 0.324 e. The molecule has 0 aromatic heterocycles. The van der Waals surface area contributed by atoms with E-state index in [2.05, 4.69) is 12.6 Å². The number of hydrogen-bond acceptors (Lipinski definition) is 3. The molecule has 0 saturated carbocycles. The molecule has 0 spiro atoms. The molecule has 9 heteroatoms. The van der Waals surface area contributed by atoms with Crippen LogP contribution in [0.4, 0.5) is 0 Å². The van der Waals surface area contributed by atoms with Gasteiger partial charge in [0.05, 0.1) is 6.16 Å². The van der Waals surface area contributed by atoms with E-state index in [-0.39, 0.29) is 5.56 Å². The maximum absolute atomic E-state index is 11.4. The first kappa shape index (κ1) is 14.9. The largest absolute Gasteiger partial charge is 0.346 e. The first-order valence-electron chi connectivity index (χ1n) is 4.44. The van der Waals surface area contributed by atoms with Gasteiger partial charge in [0.25, 0.3) is 0 Å². The molecule has 1 rings (SSSR count). The normalized spacial score (nSPS) is 16.5. The quantitative estimate of drug-likeness (QED) is 0.420. The van der Waals surface area contributed by atoms with Crippen LogP contribution >= 0.6 is 27.8 Å². The molecule has 0 bridgehead atoms. The van der Waals surface area contributed by atoms with Crippen molar-refractivity contribution in [3.05, 3.63) is 35.9 Å². The van der Waals surface area contributed by atoms with Gasteiger partial charge in [0.2, 0.25) is 0 Å². The van der Waals surface area contributed by atoms with Gasteiger partial charge in [-0.25, -0.2) is 0 Å². The Morgan fingerprint density at radius 2 is 1.53 bits per heavy atom. The predicted octanol–water partition coefficient (Wildman–Crippen LogP) is 1.12. The molecule has 0 aliphatic carbocycles. The second-order valence-corrected chi connectivity index (χ2v) is 8.16. The maximum atomic E-state index is 11.4. The Labute approximate surface area is 103 Å². The lowest BCUT2D eigenvalue weighted by atomic mass is 10.1. The van der Waals surface area contributed by atoms with Crippen molar-refractivity contribution < 1.29 is 28.7 Å². The summed E-state index contributed by atoms with van der Waals surface area (Å²) in [6.45, 7) is 0. The number of hydrogen-bond donors (Lipinski definition) is 5. The second kappa shape index (κ2) is 4.86. The molecular weight excluding hydrogens is 286 g/mol. The van der Waals surface area contributed by atoms with Crippen LogP contribution in [0.15, 0.2) is 30.3 Å². The molecule has 0 saturated heterocycles. The zero-order valence-corrected chi connectivity index (χ0v) is 11.2. The van der Waals surface area contributed by atoms with Crippen molar-refractivity contribution in [2.45, 2.75) is 4.49 Å². The minimum absolute atomic E-state index is 0.0694. The molecule has 1 unspecified atom stereocenters. The predicted molar refractivity (Wildman–Crippen MR) is 66.1 cm³/mol. The van der Waals surface area contributed by atoms with Crippen LogP contribution in [0.5, 0.6) is 0 Å². The van der Waals surface area contributed by atoms with Crippen molar-refractivity contribution in [2.24, 2.45) is 0 Å². The Bertz CT molecular complexity index is 480. The highest BCUT2D eigenvalue weighted by atomic mass is 32.1. The van der Waals surface area contributed by atoms with Crippen molar-refractivity contribution in [1.82, 2.24) is 0 Å². The van der Waals surface area contributed by atoms with Crippen LogP contribution in [0, 0.1) is 0 Å². The van der Waals surface area contributed by atoms with Crippen molar-refractivity contribution in [3.63, 3.8) is 0 Å². The summed E-state index contributed by atoms with van der Waals surface area (Å²) in [6.07, 6.45) is -1.03. The third-order valence-corrected chi connectivity index (χ3v) is 6.11. The van der Waals surface area contributed by atoms with Gasteiger partial charge in [-0.2, -0.15) is 12.6 Å². The minimum Gasteiger partial charge on any atom is -0.324 e. The molecule has 96 valence electrons. The highest BCUT2D eigenvalue weighted by Gasteiger charge is 2.49. The van der Waals surface area contributed by atoms with Gasteiger partial charge in [0.1, 0.15) is 0 Å². The fourth-order valence-electron chi connectivity index (χ4n) is 1.34. The monoisotopic (exact) mass is 298 g/mol. The Morgan fingerprint density at radius 1 is 1.06 bits per heavy atom. The van der Waals surface area contributed by atoms with Crippen LogP contribution in [-0.4, -0.2) is 25.7 Å². The average Bonchev–Trinajstić information content (AvgIpc) is 2.14. The third kappa shape index (κ3) is 3.66. The Morgan fingerprint density at radius 3 is 1.88 bits per heavy atom. The maximum Gasteiger partial charge on any atom is 0.346 e. The zero-order valence-electron chi connectivity index (χ0n) is 8.54. The number of benzene rings is 1. The van der Waals surface area contributed by atoms with E-state index in [4.69, 9.17) is 9.79 Å². The van der Waals surface area contributed by atoms with E-state index >= 15 is 0 Å². The molecule has 1 aromatic carbocycles. The standard InChI is InChI=1S/C8H12O6P2S/c9-15(10,11)6-8(17,16(12,13)14)7-4-2-1-3-5-7/h1-5,17H,6H2,(H2,9,10,11)(H2,12,13,14). The van der Waals surface area contributed by atoms with Crippen LogP contribution in [0.2, 0.25) is 0 Å². The van der Waals surface area contributed by atoms with Crippen LogP contribution in [-0.2, 0) is 13.6 Å². The third-order valence-electron chi connectivity index (χ3n) is 2.14. The van der Waals surface area contributed by atoms with Crippen molar-refractivity contribution >= 4 is 27.8 Å². The van der Waals surface area contributed by atoms with E-state index < -0.39 is 25.8 Å². The molecule has 0 radical (unpaired) electrons. The van der Waals surface area contributed by atoms with Crippen LogP contribution in [0.25, 0.3) is 0 Å². The first-order valence-corrected chi connectivity index (χ1v) is 8.30. The molecule has 6 nitrogen and oxygen atoms in total. The molecule has 1 aromatic rings. The van der Waals surface area contributed by atoms with E-state index in [0.717, 1.165) is 0 Å². The highest BCUT2D eigenvalue weighted by molar-refractivity contribution is 7.90. The van der Waals surface area contributed by atoms with Crippen molar-refractivity contribution in [1.29, 1.82) is 0 Å². The first-order chi connectivity index (χ1) is 7.56. The van der Waals surface area contributed by atoms with Gasteiger partial charge in [-0.05, 0) is 5.56 Å². The van der Waals surface area contributed by atoms with Crippen LogP contribution in [0.1, 0.15) is 5.56 Å². The molecule has 4 N–H and O–H groups in total. The summed E-state index contributed by atoms with van der Waals surface area (Å²) in [5, 5.41) is 0. The summed E-state index contributed by atoms with van der Waals surface area (Å²) in [5.74, 6) is 0. The van der Waals surface area contributed by atoms with Crippen molar-refractivity contribution in [2.75, 3.05) is 6.16 Å². The Balaban J connectivity index is 3.32. The second-order valence-electron chi connectivity index (χ2n) is 3.55. The lowest BCUT2D eigenvalue weighted by Gasteiger charge is -2.29. The van der Waals surface area contributed by atoms with Crippen molar-refractivity contribution in [3.8, 4) is 0 Å². The van der Waals surface area contributed by atoms with Gasteiger partial charge in [-0.1, -0.05) is 30.3 Å². The average molecular weight is 298 g/mol. The molecule has 1 atom stereocenters. The van der Waals surface area contributed by atoms with Gasteiger partial charge in [0, 0.05) is 0 Å². The highest BCUT2D eigenvalue weighted by Crippen LogP contribution is 2.64. The molecule has 0 aliphatic rings. The number of thiol groups is 1. The molecule has 0 amide bonds. The molecule has 17 heavy (non-hydrogen) atoms. The summed E-state index contributed by atoms with van der Waals surface area (Å²) in [5.41, 5.74) is 0.0694. The SMILES string of the molecule is O=P(O)(O)CC(S)(c1ccccc1)P(=O)(O)O. The van der Waals surface area contributed by atoms with E-state index in [1.54, 1.807) is 6.07 Å². The molecule has 0 heterocycles.